The van der Waals surface area contributed by atoms with E-state index in [0.29, 0.717) is 17.9 Å². The van der Waals surface area contributed by atoms with E-state index in [1.54, 1.807) is 0 Å². The maximum absolute atomic E-state index is 12.3. The zero-order valence-corrected chi connectivity index (χ0v) is 16.0. The molecule has 1 fully saturated rings. The van der Waals surface area contributed by atoms with Crippen molar-refractivity contribution in [2.45, 2.75) is 19.5 Å². The standard InChI is InChI=1S/C21H24N6O/c1-15-13-22-21(28)19-17-7-8-18(23-20(17)24-27(15)19)26-11-9-25(10-12-26)14-16-5-3-2-4-6-16/h2-8,15H,9-14H2,1H3,(H,22,28)/t15-/m1/s1. The van der Waals surface area contributed by atoms with Gasteiger partial charge in [0.15, 0.2) is 5.65 Å². The van der Waals surface area contributed by atoms with Crippen molar-refractivity contribution < 1.29 is 4.79 Å². The summed E-state index contributed by atoms with van der Waals surface area (Å²) in [5.41, 5.74) is 2.63. The second-order valence-corrected chi connectivity index (χ2v) is 7.64. The molecule has 2 aliphatic heterocycles. The molecular formula is C21H24N6O. The first kappa shape index (κ1) is 17.2. The van der Waals surface area contributed by atoms with Crippen molar-refractivity contribution in [3.63, 3.8) is 0 Å². The summed E-state index contributed by atoms with van der Waals surface area (Å²) in [5, 5.41) is 8.37. The van der Waals surface area contributed by atoms with E-state index in [2.05, 4.69) is 57.5 Å². The summed E-state index contributed by atoms with van der Waals surface area (Å²) in [6.45, 7) is 7.55. The molecule has 2 aromatic heterocycles. The summed E-state index contributed by atoms with van der Waals surface area (Å²) in [6.07, 6.45) is 0. The van der Waals surface area contributed by atoms with Crippen LogP contribution in [-0.4, -0.2) is 58.3 Å². The lowest BCUT2D eigenvalue weighted by Gasteiger charge is -2.35. The third-order valence-electron chi connectivity index (χ3n) is 5.68. The van der Waals surface area contributed by atoms with Crippen LogP contribution in [0.4, 0.5) is 5.82 Å². The Balaban J connectivity index is 1.33. The van der Waals surface area contributed by atoms with Crippen molar-refractivity contribution in [1.82, 2.24) is 25.0 Å². The number of aromatic nitrogens is 3. The molecule has 0 unspecified atom stereocenters. The summed E-state index contributed by atoms with van der Waals surface area (Å²) < 4.78 is 1.82. The number of nitrogens with zero attached hydrogens (tertiary/aromatic N) is 5. The number of fused-ring (bicyclic) bond motifs is 3. The van der Waals surface area contributed by atoms with Gasteiger partial charge < -0.3 is 10.2 Å². The van der Waals surface area contributed by atoms with Gasteiger partial charge in [-0.15, -0.1) is 0 Å². The van der Waals surface area contributed by atoms with Crippen molar-refractivity contribution in [2.24, 2.45) is 0 Å². The van der Waals surface area contributed by atoms with E-state index in [4.69, 9.17) is 4.98 Å². The van der Waals surface area contributed by atoms with Crippen molar-refractivity contribution in [1.29, 1.82) is 0 Å². The molecule has 1 saturated heterocycles. The molecule has 0 bridgehead atoms. The lowest BCUT2D eigenvalue weighted by molar-refractivity contribution is 0.0915. The smallest absolute Gasteiger partial charge is 0.270 e. The van der Waals surface area contributed by atoms with Crippen LogP contribution >= 0.6 is 0 Å². The number of piperazine rings is 1. The number of hydrogen-bond donors (Lipinski definition) is 1. The van der Waals surface area contributed by atoms with Crippen LogP contribution in [0.25, 0.3) is 11.0 Å². The number of carbonyl (C=O) groups excluding carboxylic acids is 1. The van der Waals surface area contributed by atoms with Gasteiger partial charge in [0.25, 0.3) is 5.91 Å². The molecule has 7 heteroatoms. The Morgan fingerprint density at radius 3 is 2.64 bits per heavy atom. The van der Waals surface area contributed by atoms with Gasteiger partial charge in [0, 0.05) is 39.3 Å². The van der Waals surface area contributed by atoms with Crippen molar-refractivity contribution in [2.75, 3.05) is 37.6 Å². The minimum absolute atomic E-state index is 0.0651. The fourth-order valence-corrected chi connectivity index (χ4v) is 4.08. The van der Waals surface area contributed by atoms with E-state index in [9.17, 15) is 4.79 Å². The molecular weight excluding hydrogens is 352 g/mol. The van der Waals surface area contributed by atoms with Crippen LogP contribution in [0.2, 0.25) is 0 Å². The number of anilines is 1. The van der Waals surface area contributed by atoms with Crippen LogP contribution in [-0.2, 0) is 6.54 Å². The second kappa shape index (κ2) is 6.91. The number of carbonyl (C=O) groups is 1. The molecule has 1 N–H and O–H groups in total. The number of rotatable bonds is 3. The highest BCUT2D eigenvalue weighted by molar-refractivity contribution is 6.05. The van der Waals surface area contributed by atoms with Gasteiger partial charge in [0.2, 0.25) is 0 Å². The zero-order valence-electron chi connectivity index (χ0n) is 16.0. The quantitative estimate of drug-likeness (QED) is 0.758. The van der Waals surface area contributed by atoms with Crippen LogP contribution in [0, 0.1) is 0 Å². The van der Waals surface area contributed by atoms with Crippen molar-refractivity contribution in [3.8, 4) is 0 Å². The van der Waals surface area contributed by atoms with Crippen molar-refractivity contribution >= 4 is 22.8 Å². The summed E-state index contributed by atoms with van der Waals surface area (Å²) in [6, 6.07) is 14.8. The largest absolute Gasteiger partial charge is 0.354 e. The molecule has 0 spiro atoms. The first-order valence-electron chi connectivity index (χ1n) is 9.88. The van der Waals surface area contributed by atoms with E-state index in [1.165, 1.54) is 5.56 Å². The van der Waals surface area contributed by atoms with Crippen LogP contribution in [0.15, 0.2) is 42.5 Å². The summed E-state index contributed by atoms with van der Waals surface area (Å²) in [5.74, 6) is 0.875. The molecule has 0 saturated carbocycles. The molecule has 0 radical (unpaired) electrons. The van der Waals surface area contributed by atoms with E-state index in [0.717, 1.165) is 43.9 Å². The van der Waals surface area contributed by atoms with Crippen LogP contribution < -0.4 is 10.2 Å². The molecule has 5 rings (SSSR count). The molecule has 4 heterocycles. The molecule has 7 nitrogen and oxygen atoms in total. The maximum atomic E-state index is 12.3. The highest BCUT2D eigenvalue weighted by Crippen LogP contribution is 2.26. The Bertz CT molecular complexity index is 1010. The summed E-state index contributed by atoms with van der Waals surface area (Å²) in [7, 11) is 0. The normalized spacial score (nSPS) is 20.2. The van der Waals surface area contributed by atoms with E-state index < -0.39 is 0 Å². The Morgan fingerprint density at radius 2 is 1.86 bits per heavy atom. The first-order chi connectivity index (χ1) is 13.7. The third-order valence-corrected chi connectivity index (χ3v) is 5.68. The number of pyridine rings is 1. The van der Waals surface area contributed by atoms with Gasteiger partial charge in [0.1, 0.15) is 11.5 Å². The highest BCUT2D eigenvalue weighted by atomic mass is 16.2. The Hall–Kier alpha value is -2.93. The van der Waals surface area contributed by atoms with Gasteiger partial charge in [-0.25, -0.2) is 4.98 Å². The fraction of sp³-hybridized carbons (Fsp3) is 0.381. The SMILES string of the molecule is C[C@@H]1CNC(=O)c2c3ccc(N4CCN(Cc5ccccc5)CC4)nc3nn21. The minimum atomic E-state index is -0.0651. The fourth-order valence-electron chi connectivity index (χ4n) is 4.08. The van der Waals surface area contributed by atoms with Crippen LogP contribution in [0.3, 0.4) is 0 Å². The molecule has 3 aromatic rings. The molecule has 2 aliphatic rings. The lowest BCUT2D eigenvalue weighted by Crippen LogP contribution is -2.46. The molecule has 1 aromatic carbocycles. The van der Waals surface area contributed by atoms with Gasteiger partial charge in [-0.2, -0.15) is 5.10 Å². The summed E-state index contributed by atoms with van der Waals surface area (Å²) in [4.78, 5) is 21.8. The van der Waals surface area contributed by atoms with Crippen LogP contribution in [0.5, 0.6) is 0 Å². The number of nitrogens with one attached hydrogen (secondary N) is 1. The molecule has 144 valence electrons. The van der Waals surface area contributed by atoms with Gasteiger partial charge in [-0.3, -0.25) is 14.4 Å². The molecule has 0 aliphatic carbocycles. The topological polar surface area (TPSA) is 66.3 Å². The van der Waals surface area contributed by atoms with Gasteiger partial charge in [-0.1, -0.05) is 30.3 Å². The van der Waals surface area contributed by atoms with E-state index >= 15 is 0 Å². The first-order valence-corrected chi connectivity index (χ1v) is 9.88. The minimum Gasteiger partial charge on any atom is -0.354 e. The predicted molar refractivity (Wildman–Crippen MR) is 109 cm³/mol. The zero-order chi connectivity index (χ0) is 19.1. The number of benzene rings is 1. The molecule has 1 atom stereocenters. The van der Waals surface area contributed by atoms with Gasteiger partial charge in [-0.05, 0) is 24.6 Å². The van der Waals surface area contributed by atoms with E-state index in [1.807, 2.05) is 16.8 Å². The number of amides is 1. The lowest BCUT2D eigenvalue weighted by atomic mass is 10.2. The van der Waals surface area contributed by atoms with Crippen molar-refractivity contribution in [3.05, 3.63) is 53.7 Å². The Kier molecular flexibility index (Phi) is 4.24. The summed E-state index contributed by atoms with van der Waals surface area (Å²) >= 11 is 0. The third kappa shape index (κ3) is 3.01. The van der Waals surface area contributed by atoms with E-state index in [-0.39, 0.29) is 11.9 Å². The predicted octanol–water partition coefficient (Wildman–Crippen LogP) is 2.06. The highest BCUT2D eigenvalue weighted by Gasteiger charge is 2.27. The molecule has 1 amide bonds. The Labute approximate surface area is 164 Å². The monoisotopic (exact) mass is 376 g/mol. The second-order valence-electron chi connectivity index (χ2n) is 7.64. The number of hydrogen-bond acceptors (Lipinski definition) is 5. The average molecular weight is 376 g/mol. The van der Waals surface area contributed by atoms with Crippen LogP contribution in [0.1, 0.15) is 29.0 Å². The molecule has 28 heavy (non-hydrogen) atoms. The average Bonchev–Trinajstić information content (AvgIpc) is 3.12. The van der Waals surface area contributed by atoms with Gasteiger partial charge >= 0.3 is 0 Å². The maximum Gasteiger partial charge on any atom is 0.270 e. The Morgan fingerprint density at radius 1 is 1.07 bits per heavy atom. The van der Waals surface area contributed by atoms with Gasteiger partial charge in [0.05, 0.1) is 11.4 Å².